The smallest absolute Gasteiger partial charge is 0.0159 e. The van der Waals surface area contributed by atoms with Crippen LogP contribution in [0.2, 0.25) is 0 Å². The highest BCUT2D eigenvalue weighted by atomic mass is 32.2. The molecule has 1 rings (SSSR count). The van der Waals surface area contributed by atoms with Gasteiger partial charge in [0, 0.05) is 24.1 Å². The minimum Gasteiger partial charge on any atom is -0.312 e. The van der Waals surface area contributed by atoms with Gasteiger partial charge in [-0.2, -0.15) is 11.8 Å². The Labute approximate surface area is 48.9 Å². The van der Waals surface area contributed by atoms with Crippen LogP contribution in [0.15, 0.2) is 0 Å². The molecule has 1 nitrogen and oxygen atoms in total. The molecule has 1 fully saturated rings. The highest BCUT2D eigenvalue weighted by molar-refractivity contribution is 7.99. The van der Waals surface area contributed by atoms with Crippen LogP contribution in [0.4, 0.5) is 0 Å². The molecule has 1 N–H and O–H groups in total. The van der Waals surface area contributed by atoms with Crippen LogP contribution >= 0.6 is 11.8 Å². The Morgan fingerprint density at radius 3 is 2.86 bits per heavy atom. The van der Waals surface area contributed by atoms with Gasteiger partial charge in [0.2, 0.25) is 0 Å². The molecule has 41 valence electrons. The first-order chi connectivity index (χ1) is 3.39. The van der Waals surface area contributed by atoms with Gasteiger partial charge in [0.05, 0.1) is 0 Å². The van der Waals surface area contributed by atoms with Crippen LogP contribution in [0.1, 0.15) is 0 Å². The molecule has 1 aliphatic rings. The SMILES string of the molecule is [CH2]C1CSCCN1. The summed E-state index contributed by atoms with van der Waals surface area (Å²) in [4.78, 5) is 0. The normalized spacial score (nSPS) is 33.0. The fourth-order valence-electron chi connectivity index (χ4n) is 0.620. The summed E-state index contributed by atoms with van der Waals surface area (Å²) in [7, 11) is 0. The highest BCUT2D eigenvalue weighted by Gasteiger charge is 2.04. The Kier molecular flexibility index (Phi) is 2.00. The third-order valence-electron chi connectivity index (χ3n) is 0.998. The number of hydrogen-bond donors (Lipinski definition) is 1. The van der Waals surface area contributed by atoms with E-state index in [1.54, 1.807) is 0 Å². The van der Waals surface area contributed by atoms with Crippen LogP contribution in [0, 0.1) is 6.92 Å². The molecule has 1 atom stereocenters. The lowest BCUT2D eigenvalue weighted by Crippen LogP contribution is -2.34. The molecular formula is C5H10NS. The van der Waals surface area contributed by atoms with Crippen LogP contribution in [-0.4, -0.2) is 24.1 Å². The van der Waals surface area contributed by atoms with E-state index in [-0.39, 0.29) is 0 Å². The molecule has 1 heterocycles. The number of nitrogens with one attached hydrogen (secondary N) is 1. The van der Waals surface area contributed by atoms with Crippen molar-refractivity contribution in [3.05, 3.63) is 6.92 Å². The zero-order valence-electron chi connectivity index (χ0n) is 4.31. The number of rotatable bonds is 0. The van der Waals surface area contributed by atoms with E-state index in [9.17, 15) is 0 Å². The maximum atomic E-state index is 3.87. The largest absolute Gasteiger partial charge is 0.312 e. The monoisotopic (exact) mass is 116 g/mol. The molecule has 0 aliphatic carbocycles. The second kappa shape index (κ2) is 2.58. The van der Waals surface area contributed by atoms with Gasteiger partial charge in [0.1, 0.15) is 0 Å². The summed E-state index contributed by atoms with van der Waals surface area (Å²) in [6.45, 7) is 5.00. The molecule has 7 heavy (non-hydrogen) atoms. The Bertz CT molecular complexity index is 50.0. The molecule has 0 spiro atoms. The molecule has 0 amide bonds. The van der Waals surface area contributed by atoms with Gasteiger partial charge in [-0.1, -0.05) is 0 Å². The molecule has 0 aromatic carbocycles. The van der Waals surface area contributed by atoms with Gasteiger partial charge in [-0.25, -0.2) is 0 Å². The van der Waals surface area contributed by atoms with E-state index in [4.69, 9.17) is 0 Å². The third kappa shape index (κ3) is 1.70. The van der Waals surface area contributed by atoms with Crippen molar-refractivity contribution in [1.29, 1.82) is 0 Å². The zero-order chi connectivity index (χ0) is 5.11. The molecule has 0 saturated carbocycles. The summed E-state index contributed by atoms with van der Waals surface area (Å²) in [5, 5.41) is 3.25. The molecule has 1 radical (unpaired) electrons. The first kappa shape index (κ1) is 5.45. The number of thioether (sulfide) groups is 1. The fourth-order valence-corrected chi connectivity index (χ4v) is 1.45. The van der Waals surface area contributed by atoms with E-state index in [0.29, 0.717) is 6.04 Å². The lowest BCUT2D eigenvalue weighted by atomic mass is 10.4. The van der Waals surface area contributed by atoms with Crippen LogP contribution < -0.4 is 5.32 Å². The Morgan fingerprint density at radius 2 is 2.57 bits per heavy atom. The van der Waals surface area contributed by atoms with Gasteiger partial charge < -0.3 is 5.32 Å². The predicted octanol–water partition coefficient (Wildman–Crippen LogP) is 0.525. The first-order valence-electron chi connectivity index (χ1n) is 2.54. The van der Waals surface area contributed by atoms with E-state index in [1.165, 1.54) is 11.5 Å². The van der Waals surface area contributed by atoms with Crippen molar-refractivity contribution in [3.8, 4) is 0 Å². The fraction of sp³-hybridized carbons (Fsp3) is 0.800. The molecule has 1 saturated heterocycles. The van der Waals surface area contributed by atoms with E-state index in [2.05, 4.69) is 12.2 Å². The van der Waals surface area contributed by atoms with Gasteiger partial charge in [-0.15, -0.1) is 0 Å². The standard InChI is InChI=1S/C5H10NS/c1-5-4-7-3-2-6-5/h5-6H,1-4H2. The van der Waals surface area contributed by atoms with Gasteiger partial charge in [0.25, 0.3) is 0 Å². The van der Waals surface area contributed by atoms with Crippen LogP contribution in [0.25, 0.3) is 0 Å². The molecular weight excluding hydrogens is 106 g/mol. The van der Waals surface area contributed by atoms with E-state index >= 15 is 0 Å². The van der Waals surface area contributed by atoms with Crippen LogP contribution in [0.3, 0.4) is 0 Å². The van der Waals surface area contributed by atoms with Crippen LogP contribution in [-0.2, 0) is 0 Å². The zero-order valence-corrected chi connectivity index (χ0v) is 5.13. The molecule has 1 unspecified atom stereocenters. The summed E-state index contributed by atoms with van der Waals surface area (Å²) in [6, 6.07) is 0.499. The maximum absolute atomic E-state index is 3.87. The van der Waals surface area contributed by atoms with Crippen molar-refractivity contribution < 1.29 is 0 Å². The topological polar surface area (TPSA) is 12.0 Å². The van der Waals surface area contributed by atoms with E-state index < -0.39 is 0 Å². The van der Waals surface area contributed by atoms with Crippen molar-refractivity contribution in [2.45, 2.75) is 6.04 Å². The molecule has 0 bridgehead atoms. The predicted molar refractivity (Wildman–Crippen MR) is 34.5 cm³/mol. The van der Waals surface area contributed by atoms with Gasteiger partial charge in [-0.05, 0) is 6.92 Å². The minimum atomic E-state index is 0.499. The highest BCUT2D eigenvalue weighted by Crippen LogP contribution is 2.05. The van der Waals surface area contributed by atoms with Crippen LogP contribution in [0.5, 0.6) is 0 Å². The summed E-state index contributed by atoms with van der Waals surface area (Å²) in [6.07, 6.45) is 0. The maximum Gasteiger partial charge on any atom is 0.0159 e. The summed E-state index contributed by atoms with van der Waals surface area (Å²) in [5.41, 5.74) is 0. The molecule has 0 aromatic rings. The molecule has 2 heteroatoms. The van der Waals surface area contributed by atoms with E-state index in [0.717, 1.165) is 6.54 Å². The quantitative estimate of drug-likeness (QED) is 0.495. The van der Waals surface area contributed by atoms with Crippen molar-refractivity contribution >= 4 is 11.8 Å². The van der Waals surface area contributed by atoms with Crippen molar-refractivity contribution in [1.82, 2.24) is 5.32 Å². The summed E-state index contributed by atoms with van der Waals surface area (Å²) >= 11 is 1.98. The average molecular weight is 116 g/mol. The minimum absolute atomic E-state index is 0.499. The second-order valence-electron chi connectivity index (χ2n) is 1.73. The van der Waals surface area contributed by atoms with E-state index in [1.807, 2.05) is 11.8 Å². The molecule has 1 aliphatic heterocycles. The van der Waals surface area contributed by atoms with Crippen molar-refractivity contribution in [2.75, 3.05) is 18.1 Å². The van der Waals surface area contributed by atoms with Gasteiger partial charge in [0.15, 0.2) is 0 Å². The Balaban J connectivity index is 2.12. The third-order valence-corrected chi connectivity index (χ3v) is 2.13. The van der Waals surface area contributed by atoms with Gasteiger partial charge >= 0.3 is 0 Å². The summed E-state index contributed by atoms with van der Waals surface area (Å²) < 4.78 is 0. The lowest BCUT2D eigenvalue weighted by Gasteiger charge is -2.17. The summed E-state index contributed by atoms with van der Waals surface area (Å²) in [5.74, 6) is 2.44. The lowest BCUT2D eigenvalue weighted by molar-refractivity contribution is 0.654. The first-order valence-corrected chi connectivity index (χ1v) is 3.69. The second-order valence-corrected chi connectivity index (χ2v) is 2.88. The van der Waals surface area contributed by atoms with Crippen molar-refractivity contribution in [2.24, 2.45) is 0 Å². The number of hydrogen-bond acceptors (Lipinski definition) is 2. The average Bonchev–Trinajstić information content (AvgIpc) is 1.69. The Hall–Kier alpha value is 0.310. The molecule has 0 aromatic heterocycles. The Morgan fingerprint density at radius 1 is 1.71 bits per heavy atom. The van der Waals surface area contributed by atoms with Gasteiger partial charge in [-0.3, -0.25) is 0 Å². The van der Waals surface area contributed by atoms with Crippen molar-refractivity contribution in [3.63, 3.8) is 0 Å².